The standard InChI is InChI=1S/C31H37Cl2N3O5S/c1-5-7-19-34-31(38)23(4)35(20-27-28(32)9-8-10-29(27)33)30(37)21-36(24-13-15-25(16-14-24)41-6-2)42(39,40)26-17-11-22(3)12-18-26/h8-18,23H,5-7,19-21H2,1-4H3,(H,34,38)/t23-/m1/s1. The number of nitrogens with one attached hydrogen (secondary N) is 1. The van der Waals surface area contributed by atoms with Crippen LogP contribution in [0.25, 0.3) is 0 Å². The summed E-state index contributed by atoms with van der Waals surface area (Å²) in [5.41, 5.74) is 1.61. The zero-order valence-corrected chi connectivity index (χ0v) is 26.6. The largest absolute Gasteiger partial charge is 0.494 e. The predicted octanol–water partition coefficient (Wildman–Crippen LogP) is 6.23. The summed E-state index contributed by atoms with van der Waals surface area (Å²) < 4.78 is 34.5. The van der Waals surface area contributed by atoms with E-state index in [4.69, 9.17) is 27.9 Å². The van der Waals surface area contributed by atoms with E-state index in [9.17, 15) is 18.0 Å². The van der Waals surface area contributed by atoms with Gasteiger partial charge in [0.05, 0.1) is 17.2 Å². The van der Waals surface area contributed by atoms with Crippen LogP contribution in [0, 0.1) is 6.92 Å². The molecule has 0 bridgehead atoms. The molecule has 1 atom stereocenters. The molecule has 0 aliphatic carbocycles. The molecule has 0 spiro atoms. The van der Waals surface area contributed by atoms with E-state index >= 15 is 0 Å². The number of hydrogen-bond donors (Lipinski definition) is 1. The van der Waals surface area contributed by atoms with Crippen molar-refractivity contribution in [2.75, 3.05) is 24.0 Å². The first-order chi connectivity index (χ1) is 20.0. The van der Waals surface area contributed by atoms with Gasteiger partial charge in [-0.2, -0.15) is 0 Å². The van der Waals surface area contributed by atoms with E-state index in [1.54, 1.807) is 61.5 Å². The molecule has 42 heavy (non-hydrogen) atoms. The van der Waals surface area contributed by atoms with Crippen molar-refractivity contribution >= 4 is 50.7 Å². The zero-order valence-electron chi connectivity index (χ0n) is 24.3. The van der Waals surface area contributed by atoms with Gasteiger partial charge in [0.15, 0.2) is 0 Å². The quantitative estimate of drug-likeness (QED) is 0.212. The fourth-order valence-electron chi connectivity index (χ4n) is 4.21. The van der Waals surface area contributed by atoms with Crippen LogP contribution in [0.5, 0.6) is 5.75 Å². The van der Waals surface area contributed by atoms with Crippen molar-refractivity contribution in [3.63, 3.8) is 0 Å². The van der Waals surface area contributed by atoms with E-state index in [1.165, 1.54) is 17.0 Å². The fraction of sp³-hybridized carbons (Fsp3) is 0.355. The molecule has 3 aromatic carbocycles. The van der Waals surface area contributed by atoms with Crippen LogP contribution < -0.4 is 14.4 Å². The van der Waals surface area contributed by atoms with Crippen LogP contribution in [0.3, 0.4) is 0 Å². The maximum Gasteiger partial charge on any atom is 0.264 e. The molecule has 0 radical (unpaired) electrons. The highest BCUT2D eigenvalue weighted by Crippen LogP contribution is 2.29. The number of hydrogen-bond acceptors (Lipinski definition) is 5. The molecule has 8 nitrogen and oxygen atoms in total. The molecule has 0 fully saturated rings. The molecule has 0 aliphatic rings. The third-order valence-corrected chi connectivity index (χ3v) is 9.21. The minimum atomic E-state index is -4.18. The summed E-state index contributed by atoms with van der Waals surface area (Å²) in [5, 5.41) is 3.51. The Morgan fingerprint density at radius 3 is 2.14 bits per heavy atom. The highest BCUT2D eigenvalue weighted by molar-refractivity contribution is 7.92. The monoisotopic (exact) mass is 633 g/mol. The Hall–Kier alpha value is -3.27. The normalized spacial score (nSPS) is 12.0. The predicted molar refractivity (Wildman–Crippen MR) is 168 cm³/mol. The summed E-state index contributed by atoms with van der Waals surface area (Å²) in [6.07, 6.45) is 1.67. The van der Waals surface area contributed by atoms with Gasteiger partial charge in [-0.15, -0.1) is 0 Å². The number of aryl methyl sites for hydroxylation is 1. The van der Waals surface area contributed by atoms with Gasteiger partial charge in [-0.25, -0.2) is 8.42 Å². The Morgan fingerprint density at radius 2 is 1.57 bits per heavy atom. The van der Waals surface area contributed by atoms with E-state index in [-0.39, 0.29) is 23.0 Å². The highest BCUT2D eigenvalue weighted by atomic mass is 35.5. The molecule has 0 aromatic heterocycles. The number of rotatable bonds is 14. The zero-order chi connectivity index (χ0) is 30.9. The third-order valence-electron chi connectivity index (χ3n) is 6.71. The van der Waals surface area contributed by atoms with Crippen molar-refractivity contribution in [1.29, 1.82) is 0 Å². The molecule has 226 valence electrons. The molecule has 0 saturated heterocycles. The molecule has 3 aromatic rings. The summed E-state index contributed by atoms with van der Waals surface area (Å²) >= 11 is 12.9. The van der Waals surface area contributed by atoms with Gasteiger partial charge in [0.25, 0.3) is 10.0 Å². The van der Waals surface area contributed by atoms with Gasteiger partial charge in [-0.3, -0.25) is 13.9 Å². The fourth-order valence-corrected chi connectivity index (χ4v) is 6.15. The van der Waals surface area contributed by atoms with Crippen LogP contribution >= 0.6 is 23.2 Å². The molecule has 0 unspecified atom stereocenters. The lowest BCUT2D eigenvalue weighted by molar-refractivity contribution is -0.139. The number of ether oxygens (including phenoxy) is 1. The van der Waals surface area contributed by atoms with Crippen LogP contribution in [0.2, 0.25) is 10.0 Å². The smallest absolute Gasteiger partial charge is 0.264 e. The number of nitrogens with zero attached hydrogens (tertiary/aromatic N) is 2. The third kappa shape index (κ3) is 8.40. The number of unbranched alkanes of at least 4 members (excludes halogenated alkanes) is 1. The second-order valence-corrected chi connectivity index (χ2v) is 12.5. The van der Waals surface area contributed by atoms with Crippen molar-refractivity contribution in [2.45, 2.75) is 58.0 Å². The van der Waals surface area contributed by atoms with E-state index in [0.29, 0.717) is 34.5 Å². The maximum absolute atomic E-state index is 14.1. The minimum Gasteiger partial charge on any atom is -0.494 e. The molecular weight excluding hydrogens is 597 g/mol. The molecule has 1 N–H and O–H groups in total. The van der Waals surface area contributed by atoms with Crippen LogP contribution in [-0.2, 0) is 26.2 Å². The molecule has 0 heterocycles. The average Bonchev–Trinajstić information content (AvgIpc) is 2.96. The number of carbonyl (C=O) groups is 2. The van der Waals surface area contributed by atoms with Crippen LogP contribution in [0.1, 0.15) is 44.7 Å². The Morgan fingerprint density at radius 1 is 0.952 bits per heavy atom. The first-order valence-corrected chi connectivity index (χ1v) is 16.0. The van der Waals surface area contributed by atoms with Crippen molar-refractivity contribution < 1.29 is 22.7 Å². The Bertz CT molecular complexity index is 1440. The molecule has 3 rings (SSSR count). The summed E-state index contributed by atoms with van der Waals surface area (Å²) in [6, 6.07) is 16.9. The number of benzene rings is 3. The average molecular weight is 635 g/mol. The van der Waals surface area contributed by atoms with Crippen LogP contribution in [-0.4, -0.2) is 50.9 Å². The van der Waals surface area contributed by atoms with Crippen molar-refractivity contribution in [3.05, 3.63) is 87.9 Å². The van der Waals surface area contributed by atoms with E-state index in [0.717, 1.165) is 22.7 Å². The summed E-state index contributed by atoms with van der Waals surface area (Å²) in [4.78, 5) is 28.5. The van der Waals surface area contributed by atoms with Gasteiger partial charge < -0.3 is 15.0 Å². The van der Waals surface area contributed by atoms with E-state index < -0.39 is 28.5 Å². The highest BCUT2D eigenvalue weighted by Gasteiger charge is 2.33. The Labute approximate surface area is 258 Å². The van der Waals surface area contributed by atoms with Crippen molar-refractivity contribution in [2.24, 2.45) is 0 Å². The number of sulfonamides is 1. The number of halogens is 2. The lowest BCUT2D eigenvalue weighted by atomic mass is 10.1. The van der Waals surface area contributed by atoms with Gasteiger partial charge in [0.1, 0.15) is 18.3 Å². The second kappa shape index (κ2) is 15.3. The molecule has 0 aliphatic heterocycles. The SMILES string of the molecule is CCCCNC(=O)[C@@H](C)N(Cc1c(Cl)cccc1Cl)C(=O)CN(c1ccc(OCC)cc1)S(=O)(=O)c1ccc(C)cc1. The van der Waals surface area contributed by atoms with E-state index in [2.05, 4.69) is 5.32 Å². The summed E-state index contributed by atoms with van der Waals surface area (Å²) in [5.74, 6) is -0.407. The lowest BCUT2D eigenvalue weighted by Crippen LogP contribution is -2.51. The minimum absolute atomic E-state index is 0.0286. The molecule has 0 saturated carbocycles. The first kappa shape index (κ1) is 33.2. The van der Waals surface area contributed by atoms with E-state index in [1.807, 2.05) is 20.8 Å². The summed E-state index contributed by atoms with van der Waals surface area (Å²) in [6.45, 7) is 7.54. The number of amides is 2. The molecule has 11 heteroatoms. The van der Waals surface area contributed by atoms with Gasteiger partial charge >= 0.3 is 0 Å². The van der Waals surface area contributed by atoms with Gasteiger partial charge in [0, 0.05) is 28.7 Å². The van der Waals surface area contributed by atoms with Gasteiger partial charge in [0.2, 0.25) is 11.8 Å². The van der Waals surface area contributed by atoms with Crippen molar-refractivity contribution in [1.82, 2.24) is 10.2 Å². The molecule has 2 amide bonds. The Balaban J connectivity index is 2.04. The van der Waals surface area contributed by atoms with Crippen LogP contribution in [0.4, 0.5) is 5.69 Å². The first-order valence-electron chi connectivity index (χ1n) is 13.8. The second-order valence-electron chi connectivity index (χ2n) is 9.79. The van der Waals surface area contributed by atoms with Gasteiger partial charge in [-0.1, -0.05) is 60.3 Å². The molecular formula is C31H37Cl2N3O5S. The summed E-state index contributed by atoms with van der Waals surface area (Å²) in [7, 11) is -4.18. The lowest BCUT2D eigenvalue weighted by Gasteiger charge is -2.32. The topological polar surface area (TPSA) is 96.0 Å². The number of anilines is 1. The number of carbonyl (C=O) groups excluding carboxylic acids is 2. The maximum atomic E-state index is 14.1. The van der Waals surface area contributed by atoms with Crippen LogP contribution in [0.15, 0.2) is 71.6 Å². The van der Waals surface area contributed by atoms with Crippen molar-refractivity contribution in [3.8, 4) is 5.75 Å². The Kier molecular flexibility index (Phi) is 12.1. The van der Waals surface area contributed by atoms with Gasteiger partial charge in [-0.05, 0) is 75.7 Å².